The minimum absolute atomic E-state index is 0.0929. The Bertz CT molecular complexity index is 1310. The number of hydrogen-bond donors (Lipinski definition) is 0. The van der Waals surface area contributed by atoms with Gasteiger partial charge in [0.15, 0.2) is 5.82 Å². The van der Waals surface area contributed by atoms with Gasteiger partial charge in [-0.2, -0.15) is 8.99 Å². The van der Waals surface area contributed by atoms with Crippen LogP contribution in [0.3, 0.4) is 0 Å². The first-order chi connectivity index (χ1) is 18.0. The zero-order valence-electron chi connectivity index (χ0n) is 20.9. The number of rotatable bonds is 7. The van der Waals surface area contributed by atoms with Gasteiger partial charge in [0, 0.05) is 44.8 Å². The zero-order valence-corrected chi connectivity index (χ0v) is 21.7. The molecule has 0 atom stereocenters. The zero-order chi connectivity index (χ0) is 25.8. The standard InChI is InChI=1S/C25H31N7O4S/c1-36-22-9-7-21(8-10-22)32-24(26-27-28-32)19-29-15-17-30(18-16-29)25(33)20-5-11-23(12-6-20)37(34,35)31-13-3-2-4-14-31/h5-12H,2-4,13-19H2,1H3. The van der Waals surface area contributed by atoms with Gasteiger partial charge in [-0.1, -0.05) is 6.42 Å². The summed E-state index contributed by atoms with van der Waals surface area (Å²) < 4.78 is 34.2. The van der Waals surface area contributed by atoms with Crippen LogP contribution in [0.5, 0.6) is 5.75 Å². The van der Waals surface area contributed by atoms with Crippen molar-refractivity contribution < 1.29 is 17.9 Å². The summed E-state index contributed by atoms with van der Waals surface area (Å²) in [5.74, 6) is 1.39. The third-order valence-corrected chi connectivity index (χ3v) is 8.84. The monoisotopic (exact) mass is 525 g/mol. The summed E-state index contributed by atoms with van der Waals surface area (Å²) >= 11 is 0. The second kappa shape index (κ2) is 11.0. The predicted molar refractivity (Wildman–Crippen MR) is 136 cm³/mol. The number of benzene rings is 2. The Hall–Kier alpha value is -3.35. The van der Waals surface area contributed by atoms with Crippen LogP contribution < -0.4 is 4.74 Å². The number of hydrogen-bond acceptors (Lipinski definition) is 8. The van der Waals surface area contributed by atoms with Gasteiger partial charge in [-0.25, -0.2) is 8.42 Å². The van der Waals surface area contributed by atoms with E-state index in [4.69, 9.17) is 4.74 Å². The van der Waals surface area contributed by atoms with Crippen LogP contribution in [0, 0.1) is 0 Å². The lowest BCUT2D eigenvalue weighted by Crippen LogP contribution is -2.48. The van der Waals surface area contributed by atoms with Crippen LogP contribution in [0.1, 0.15) is 35.4 Å². The maximum Gasteiger partial charge on any atom is 0.253 e. The highest BCUT2D eigenvalue weighted by molar-refractivity contribution is 7.89. The third-order valence-electron chi connectivity index (χ3n) is 6.93. The molecule has 0 unspecified atom stereocenters. The molecule has 2 fully saturated rings. The molecule has 0 spiro atoms. The van der Waals surface area contributed by atoms with Gasteiger partial charge in [-0.05, 0) is 71.8 Å². The van der Waals surface area contributed by atoms with E-state index in [1.54, 1.807) is 41.0 Å². The number of piperidine rings is 1. The maximum absolute atomic E-state index is 13.1. The van der Waals surface area contributed by atoms with Crippen molar-refractivity contribution in [1.29, 1.82) is 0 Å². The first-order valence-electron chi connectivity index (χ1n) is 12.5. The van der Waals surface area contributed by atoms with Crippen LogP contribution in [0.15, 0.2) is 53.4 Å². The van der Waals surface area contributed by atoms with Gasteiger partial charge in [0.1, 0.15) is 5.75 Å². The average molecular weight is 526 g/mol. The SMILES string of the molecule is COc1ccc(-n2nnnc2CN2CCN(C(=O)c3ccc(S(=O)(=O)N4CCCCC4)cc3)CC2)cc1. The van der Waals surface area contributed by atoms with E-state index in [0.717, 1.165) is 36.5 Å². The van der Waals surface area contributed by atoms with Crippen molar-refractivity contribution in [3.63, 3.8) is 0 Å². The molecule has 11 nitrogen and oxygen atoms in total. The molecular formula is C25H31N7O4S. The van der Waals surface area contributed by atoms with Crippen molar-refractivity contribution in [3.8, 4) is 11.4 Å². The second-order valence-corrected chi connectivity index (χ2v) is 11.2. The smallest absolute Gasteiger partial charge is 0.253 e. The number of ether oxygens (including phenoxy) is 1. The van der Waals surface area contributed by atoms with E-state index >= 15 is 0 Å². The fourth-order valence-corrected chi connectivity index (χ4v) is 6.26. The van der Waals surface area contributed by atoms with E-state index in [2.05, 4.69) is 20.4 Å². The topological polar surface area (TPSA) is 114 Å². The van der Waals surface area contributed by atoms with Crippen molar-refractivity contribution in [1.82, 2.24) is 34.3 Å². The first-order valence-corrected chi connectivity index (χ1v) is 13.9. The van der Waals surface area contributed by atoms with Crippen molar-refractivity contribution in [2.24, 2.45) is 0 Å². The van der Waals surface area contributed by atoms with Crippen LogP contribution in [0.2, 0.25) is 0 Å². The molecule has 2 aromatic carbocycles. The molecule has 0 bridgehead atoms. The maximum atomic E-state index is 13.1. The van der Waals surface area contributed by atoms with E-state index < -0.39 is 10.0 Å². The molecule has 12 heteroatoms. The van der Waals surface area contributed by atoms with Gasteiger partial charge in [0.2, 0.25) is 10.0 Å². The van der Waals surface area contributed by atoms with Crippen LogP contribution >= 0.6 is 0 Å². The normalized spacial score (nSPS) is 17.6. The van der Waals surface area contributed by atoms with E-state index in [9.17, 15) is 13.2 Å². The van der Waals surface area contributed by atoms with Gasteiger partial charge in [0.05, 0.1) is 24.2 Å². The van der Waals surface area contributed by atoms with Crippen molar-refractivity contribution in [2.45, 2.75) is 30.7 Å². The highest BCUT2D eigenvalue weighted by Gasteiger charge is 2.27. The summed E-state index contributed by atoms with van der Waals surface area (Å²) in [6.07, 6.45) is 2.84. The van der Waals surface area contributed by atoms with Gasteiger partial charge in [0.25, 0.3) is 5.91 Å². The number of nitrogens with zero attached hydrogens (tertiary/aromatic N) is 7. The number of methoxy groups -OCH3 is 1. The quantitative estimate of drug-likeness (QED) is 0.459. The molecule has 0 radical (unpaired) electrons. The first kappa shape index (κ1) is 25.3. The van der Waals surface area contributed by atoms with Crippen LogP contribution in [-0.4, -0.2) is 95.0 Å². The molecule has 0 aliphatic carbocycles. The van der Waals surface area contributed by atoms with E-state index in [1.807, 2.05) is 24.3 Å². The molecule has 2 saturated heterocycles. The molecule has 0 saturated carbocycles. The van der Waals surface area contributed by atoms with Crippen molar-refractivity contribution in [3.05, 3.63) is 59.9 Å². The number of tetrazole rings is 1. The van der Waals surface area contributed by atoms with Gasteiger partial charge in [-0.3, -0.25) is 9.69 Å². The summed E-state index contributed by atoms with van der Waals surface area (Å²) in [4.78, 5) is 17.3. The molecule has 1 aromatic heterocycles. The molecule has 3 aromatic rings. The predicted octanol–water partition coefficient (Wildman–Crippen LogP) is 1.80. The fourth-order valence-electron chi connectivity index (χ4n) is 4.74. The summed E-state index contributed by atoms with van der Waals surface area (Å²) in [6, 6.07) is 13.9. The number of carbonyl (C=O) groups excluding carboxylic acids is 1. The molecule has 37 heavy (non-hydrogen) atoms. The molecule has 3 heterocycles. The van der Waals surface area contributed by atoms with E-state index in [1.165, 1.54) is 4.31 Å². The minimum Gasteiger partial charge on any atom is -0.497 e. The lowest BCUT2D eigenvalue weighted by atomic mass is 10.2. The van der Waals surface area contributed by atoms with Crippen LogP contribution in [0.25, 0.3) is 5.69 Å². The average Bonchev–Trinajstić information content (AvgIpc) is 3.41. The number of aromatic nitrogens is 4. The number of piperazine rings is 1. The Morgan fingerprint density at radius 1 is 0.892 bits per heavy atom. The van der Waals surface area contributed by atoms with E-state index in [-0.39, 0.29) is 10.8 Å². The summed E-state index contributed by atoms with van der Waals surface area (Å²) in [7, 11) is -1.89. The summed E-state index contributed by atoms with van der Waals surface area (Å²) in [5.41, 5.74) is 1.34. The molecule has 1 amide bonds. The Kier molecular flexibility index (Phi) is 7.49. The third kappa shape index (κ3) is 5.50. The Morgan fingerprint density at radius 3 is 2.22 bits per heavy atom. The van der Waals surface area contributed by atoms with Gasteiger partial charge in [-0.15, -0.1) is 5.10 Å². The highest BCUT2D eigenvalue weighted by atomic mass is 32.2. The lowest BCUT2D eigenvalue weighted by molar-refractivity contribution is 0.0624. The lowest BCUT2D eigenvalue weighted by Gasteiger charge is -2.34. The molecule has 196 valence electrons. The molecule has 0 N–H and O–H groups in total. The molecular weight excluding hydrogens is 494 g/mol. The van der Waals surface area contributed by atoms with Gasteiger partial charge < -0.3 is 9.64 Å². The number of carbonyl (C=O) groups is 1. The minimum atomic E-state index is -3.51. The van der Waals surface area contributed by atoms with Crippen LogP contribution in [-0.2, 0) is 16.6 Å². The second-order valence-electron chi connectivity index (χ2n) is 9.26. The Labute approximate surface area is 216 Å². The molecule has 5 rings (SSSR count). The van der Waals surface area contributed by atoms with Crippen molar-refractivity contribution >= 4 is 15.9 Å². The molecule has 2 aliphatic rings. The highest BCUT2D eigenvalue weighted by Crippen LogP contribution is 2.22. The fraction of sp³-hybridized carbons (Fsp3) is 0.440. The number of amides is 1. The Balaban J connectivity index is 1.17. The molecule has 2 aliphatic heterocycles. The Morgan fingerprint density at radius 2 is 1.57 bits per heavy atom. The van der Waals surface area contributed by atoms with Crippen LogP contribution in [0.4, 0.5) is 0 Å². The van der Waals surface area contributed by atoms with Gasteiger partial charge >= 0.3 is 0 Å². The van der Waals surface area contributed by atoms with E-state index in [0.29, 0.717) is 51.4 Å². The summed E-state index contributed by atoms with van der Waals surface area (Å²) in [6.45, 7) is 4.17. The summed E-state index contributed by atoms with van der Waals surface area (Å²) in [5, 5.41) is 12.1. The van der Waals surface area contributed by atoms with Crippen molar-refractivity contribution in [2.75, 3.05) is 46.4 Å². The number of sulfonamides is 1. The largest absolute Gasteiger partial charge is 0.497 e.